The minimum Gasteiger partial charge on any atom is -0.334 e. The Morgan fingerprint density at radius 2 is 1.85 bits per heavy atom. The summed E-state index contributed by atoms with van der Waals surface area (Å²) in [6.45, 7) is 2.10. The van der Waals surface area contributed by atoms with Gasteiger partial charge in [0.2, 0.25) is 10.0 Å². The quantitative estimate of drug-likeness (QED) is 0.810. The number of urea groups is 1. The maximum Gasteiger partial charge on any atom is 0.317 e. The molecule has 0 radical (unpaired) electrons. The molecular weight excluding hydrogens is 357 g/mol. The lowest BCUT2D eigenvalue weighted by Crippen LogP contribution is -2.38. The first-order chi connectivity index (χ1) is 12.2. The maximum absolute atomic E-state index is 13.0. The standard InChI is InChI=1S/C18H22FN3O3S/c1-13(15-7-9-16(19)10-8-15)22(2)18(23)20-12-14-5-4-6-17(11-14)21-26(3,24)25/h4-11,13,21H,12H2,1-3H3,(H,20,23). The Kier molecular flexibility index (Phi) is 6.20. The lowest BCUT2D eigenvalue weighted by atomic mass is 10.1. The molecule has 0 aromatic heterocycles. The summed E-state index contributed by atoms with van der Waals surface area (Å²) in [5.41, 5.74) is 2.02. The third-order valence-corrected chi connectivity index (χ3v) is 4.53. The van der Waals surface area contributed by atoms with Crippen molar-refractivity contribution in [2.75, 3.05) is 18.0 Å². The molecule has 0 aliphatic heterocycles. The number of nitrogens with zero attached hydrogens (tertiary/aromatic N) is 1. The summed E-state index contributed by atoms with van der Waals surface area (Å²) in [4.78, 5) is 13.9. The molecule has 8 heteroatoms. The van der Waals surface area contributed by atoms with Crippen LogP contribution in [0.1, 0.15) is 24.1 Å². The molecule has 2 aromatic rings. The molecule has 2 rings (SSSR count). The number of halogens is 1. The van der Waals surface area contributed by atoms with Crippen LogP contribution >= 0.6 is 0 Å². The monoisotopic (exact) mass is 379 g/mol. The minimum absolute atomic E-state index is 0.228. The van der Waals surface area contributed by atoms with Crippen molar-refractivity contribution >= 4 is 21.7 Å². The van der Waals surface area contributed by atoms with Crippen molar-refractivity contribution in [3.05, 3.63) is 65.5 Å². The van der Waals surface area contributed by atoms with Gasteiger partial charge in [0.05, 0.1) is 12.3 Å². The van der Waals surface area contributed by atoms with E-state index in [1.54, 1.807) is 43.4 Å². The van der Waals surface area contributed by atoms with E-state index in [1.165, 1.54) is 17.0 Å². The third-order valence-electron chi connectivity index (χ3n) is 3.93. The molecule has 0 aliphatic rings. The van der Waals surface area contributed by atoms with Crippen molar-refractivity contribution in [2.45, 2.75) is 19.5 Å². The zero-order valence-electron chi connectivity index (χ0n) is 14.9. The largest absolute Gasteiger partial charge is 0.334 e. The molecule has 2 N–H and O–H groups in total. The number of amides is 2. The number of hydrogen-bond donors (Lipinski definition) is 2. The smallest absolute Gasteiger partial charge is 0.317 e. The number of nitrogens with one attached hydrogen (secondary N) is 2. The second-order valence-electron chi connectivity index (χ2n) is 6.07. The predicted molar refractivity (Wildman–Crippen MR) is 99.7 cm³/mol. The molecule has 0 fully saturated rings. The van der Waals surface area contributed by atoms with Crippen LogP contribution in [-0.2, 0) is 16.6 Å². The van der Waals surface area contributed by atoms with E-state index in [0.717, 1.165) is 17.4 Å². The molecule has 0 saturated heterocycles. The summed E-state index contributed by atoms with van der Waals surface area (Å²) in [6, 6.07) is 12.3. The maximum atomic E-state index is 13.0. The van der Waals surface area contributed by atoms with Crippen molar-refractivity contribution in [1.29, 1.82) is 0 Å². The van der Waals surface area contributed by atoms with Crippen LogP contribution < -0.4 is 10.0 Å². The van der Waals surface area contributed by atoms with E-state index < -0.39 is 10.0 Å². The van der Waals surface area contributed by atoms with Crippen LogP contribution in [0, 0.1) is 5.82 Å². The molecule has 0 bridgehead atoms. The first-order valence-electron chi connectivity index (χ1n) is 7.98. The van der Waals surface area contributed by atoms with Crippen molar-refractivity contribution < 1.29 is 17.6 Å². The summed E-state index contributed by atoms with van der Waals surface area (Å²) in [6.07, 6.45) is 1.08. The van der Waals surface area contributed by atoms with Gasteiger partial charge in [-0.15, -0.1) is 0 Å². The molecule has 1 unspecified atom stereocenters. The van der Waals surface area contributed by atoms with Crippen LogP contribution in [-0.4, -0.2) is 32.7 Å². The lowest BCUT2D eigenvalue weighted by molar-refractivity contribution is 0.194. The van der Waals surface area contributed by atoms with Crippen molar-refractivity contribution in [3.63, 3.8) is 0 Å². The Balaban J connectivity index is 1.97. The van der Waals surface area contributed by atoms with Gasteiger partial charge in [0, 0.05) is 19.3 Å². The lowest BCUT2D eigenvalue weighted by Gasteiger charge is -2.25. The number of anilines is 1. The molecule has 0 saturated carbocycles. The average molecular weight is 379 g/mol. The van der Waals surface area contributed by atoms with E-state index in [0.29, 0.717) is 5.69 Å². The van der Waals surface area contributed by atoms with Gasteiger partial charge >= 0.3 is 6.03 Å². The van der Waals surface area contributed by atoms with Gasteiger partial charge < -0.3 is 10.2 Å². The molecule has 2 aromatic carbocycles. The molecule has 140 valence electrons. The highest BCUT2D eigenvalue weighted by Gasteiger charge is 2.17. The summed E-state index contributed by atoms with van der Waals surface area (Å²) in [5, 5.41) is 2.79. The van der Waals surface area contributed by atoms with E-state index in [4.69, 9.17) is 0 Å². The molecule has 2 amide bonds. The van der Waals surface area contributed by atoms with E-state index in [-0.39, 0.29) is 24.4 Å². The van der Waals surface area contributed by atoms with Crippen molar-refractivity contribution in [2.24, 2.45) is 0 Å². The van der Waals surface area contributed by atoms with Gasteiger partial charge in [-0.1, -0.05) is 24.3 Å². The van der Waals surface area contributed by atoms with E-state index in [2.05, 4.69) is 10.0 Å². The second kappa shape index (κ2) is 8.18. The predicted octanol–water partition coefficient (Wildman–Crippen LogP) is 3.10. The molecule has 1 atom stereocenters. The number of sulfonamides is 1. The topological polar surface area (TPSA) is 78.5 Å². The minimum atomic E-state index is -3.36. The van der Waals surface area contributed by atoms with Crippen LogP contribution in [0.15, 0.2) is 48.5 Å². The Hall–Kier alpha value is -2.61. The van der Waals surface area contributed by atoms with Crippen LogP contribution in [0.4, 0.5) is 14.9 Å². The zero-order valence-corrected chi connectivity index (χ0v) is 15.7. The highest BCUT2D eigenvalue weighted by molar-refractivity contribution is 7.92. The van der Waals surface area contributed by atoms with E-state index in [1.807, 2.05) is 6.92 Å². The van der Waals surface area contributed by atoms with Crippen LogP contribution in [0.25, 0.3) is 0 Å². The van der Waals surface area contributed by atoms with Crippen LogP contribution in [0.3, 0.4) is 0 Å². The Bertz CT molecular complexity index is 870. The van der Waals surface area contributed by atoms with E-state index in [9.17, 15) is 17.6 Å². The Morgan fingerprint density at radius 3 is 2.46 bits per heavy atom. The molecule has 0 spiro atoms. The second-order valence-corrected chi connectivity index (χ2v) is 7.82. The Labute approximate surface area is 153 Å². The number of carbonyl (C=O) groups is 1. The fourth-order valence-corrected chi connectivity index (χ4v) is 2.96. The van der Waals surface area contributed by atoms with Crippen LogP contribution in [0.5, 0.6) is 0 Å². The zero-order chi connectivity index (χ0) is 19.3. The Morgan fingerprint density at radius 1 is 1.19 bits per heavy atom. The van der Waals surface area contributed by atoms with Gasteiger partial charge in [-0.05, 0) is 42.3 Å². The van der Waals surface area contributed by atoms with Gasteiger partial charge in [-0.2, -0.15) is 0 Å². The summed E-state index contributed by atoms with van der Waals surface area (Å²) in [7, 11) is -1.70. The molecule has 0 aliphatic carbocycles. The van der Waals surface area contributed by atoms with Gasteiger partial charge in [0.25, 0.3) is 0 Å². The molecule has 0 heterocycles. The van der Waals surface area contributed by atoms with Gasteiger partial charge in [-0.25, -0.2) is 17.6 Å². The molecular formula is C18H22FN3O3S. The van der Waals surface area contributed by atoms with Crippen molar-refractivity contribution in [1.82, 2.24) is 10.2 Å². The number of rotatable bonds is 6. The summed E-state index contributed by atoms with van der Waals surface area (Å²) in [5.74, 6) is -0.323. The first-order valence-corrected chi connectivity index (χ1v) is 9.88. The highest BCUT2D eigenvalue weighted by atomic mass is 32.2. The fraction of sp³-hybridized carbons (Fsp3) is 0.278. The van der Waals surface area contributed by atoms with Gasteiger partial charge in [-0.3, -0.25) is 4.72 Å². The highest BCUT2D eigenvalue weighted by Crippen LogP contribution is 2.19. The summed E-state index contributed by atoms with van der Waals surface area (Å²) >= 11 is 0. The number of benzene rings is 2. The fourth-order valence-electron chi connectivity index (χ4n) is 2.40. The number of hydrogen-bond acceptors (Lipinski definition) is 3. The third kappa shape index (κ3) is 5.73. The normalized spacial score (nSPS) is 12.3. The molecule has 6 nitrogen and oxygen atoms in total. The summed E-state index contributed by atoms with van der Waals surface area (Å²) < 4.78 is 38.0. The first kappa shape index (κ1) is 19.7. The SMILES string of the molecule is CC(c1ccc(F)cc1)N(C)C(=O)NCc1cccc(NS(C)(=O)=O)c1. The average Bonchev–Trinajstić information content (AvgIpc) is 2.58. The van der Waals surface area contributed by atoms with Gasteiger partial charge in [0.1, 0.15) is 5.82 Å². The molecule has 26 heavy (non-hydrogen) atoms. The van der Waals surface area contributed by atoms with Gasteiger partial charge in [0.15, 0.2) is 0 Å². The number of carbonyl (C=O) groups excluding carboxylic acids is 1. The van der Waals surface area contributed by atoms with Crippen molar-refractivity contribution in [3.8, 4) is 0 Å². The van der Waals surface area contributed by atoms with Crippen LogP contribution in [0.2, 0.25) is 0 Å². The van der Waals surface area contributed by atoms with E-state index >= 15 is 0 Å².